The van der Waals surface area contributed by atoms with Crippen molar-refractivity contribution >= 4 is 0 Å². The lowest BCUT2D eigenvalue weighted by atomic mass is 9.78. The first kappa shape index (κ1) is 14.7. The summed E-state index contributed by atoms with van der Waals surface area (Å²) in [7, 11) is 0. The molecule has 1 heteroatoms. The van der Waals surface area contributed by atoms with Gasteiger partial charge in [0.25, 0.3) is 0 Å². The lowest BCUT2D eigenvalue weighted by Crippen LogP contribution is -2.20. The van der Waals surface area contributed by atoms with Crippen LogP contribution in [0.15, 0.2) is 72.8 Å². The molecule has 23 heavy (non-hydrogen) atoms. The fourth-order valence-corrected chi connectivity index (χ4v) is 4.39. The number of nitrogens with one attached hydrogen (secondary N) is 1. The van der Waals surface area contributed by atoms with Crippen molar-refractivity contribution in [3.63, 3.8) is 0 Å². The standard InChI is InChI=1S/C22H25N/c1-2-10-16-20-19(15-9-1)21(17-11-5-3-6-12-17)23-22(20)18-13-7-4-8-14-18/h3-9,11-15,19-23H,1-2,10,16H2/b15-9-. The molecule has 1 N–H and O–H groups in total. The molecule has 118 valence electrons. The van der Waals surface area contributed by atoms with E-state index in [4.69, 9.17) is 0 Å². The number of hydrogen-bond donors (Lipinski definition) is 1. The molecule has 1 heterocycles. The Morgan fingerprint density at radius 3 is 2.09 bits per heavy atom. The summed E-state index contributed by atoms with van der Waals surface area (Å²) in [5, 5.41) is 3.97. The first-order chi connectivity index (χ1) is 11.4. The normalized spacial score (nSPS) is 31.8. The van der Waals surface area contributed by atoms with Crippen molar-refractivity contribution in [3.05, 3.63) is 83.9 Å². The predicted octanol–water partition coefficient (Wildman–Crippen LogP) is 5.43. The van der Waals surface area contributed by atoms with Gasteiger partial charge < -0.3 is 5.32 Å². The van der Waals surface area contributed by atoms with Crippen LogP contribution in [0.1, 0.15) is 48.9 Å². The third-order valence-electron chi connectivity index (χ3n) is 5.50. The van der Waals surface area contributed by atoms with Crippen molar-refractivity contribution in [1.82, 2.24) is 5.32 Å². The highest BCUT2D eigenvalue weighted by Crippen LogP contribution is 2.47. The molecule has 4 atom stereocenters. The molecule has 2 aromatic rings. The minimum Gasteiger partial charge on any atom is -0.302 e. The van der Waals surface area contributed by atoms with Crippen molar-refractivity contribution < 1.29 is 0 Å². The number of hydrogen-bond acceptors (Lipinski definition) is 1. The number of benzene rings is 2. The van der Waals surface area contributed by atoms with E-state index in [0.717, 1.165) is 0 Å². The first-order valence-electron chi connectivity index (χ1n) is 8.96. The quantitative estimate of drug-likeness (QED) is 0.729. The summed E-state index contributed by atoms with van der Waals surface area (Å²) in [6.45, 7) is 0. The maximum absolute atomic E-state index is 3.97. The van der Waals surface area contributed by atoms with E-state index in [1.807, 2.05) is 0 Å². The van der Waals surface area contributed by atoms with Gasteiger partial charge in [0, 0.05) is 18.0 Å². The van der Waals surface area contributed by atoms with Crippen LogP contribution < -0.4 is 5.32 Å². The summed E-state index contributed by atoms with van der Waals surface area (Å²) < 4.78 is 0. The minimum atomic E-state index is 0.431. The Hall–Kier alpha value is -1.86. The van der Waals surface area contributed by atoms with E-state index in [9.17, 15) is 0 Å². The molecular formula is C22H25N. The molecule has 2 aliphatic rings. The predicted molar refractivity (Wildman–Crippen MR) is 96.1 cm³/mol. The highest BCUT2D eigenvalue weighted by atomic mass is 15.0. The summed E-state index contributed by atoms with van der Waals surface area (Å²) in [6.07, 6.45) is 10.2. The van der Waals surface area contributed by atoms with E-state index in [0.29, 0.717) is 23.9 Å². The monoisotopic (exact) mass is 303 g/mol. The molecule has 0 bridgehead atoms. The van der Waals surface area contributed by atoms with Crippen LogP contribution >= 0.6 is 0 Å². The lowest BCUT2D eigenvalue weighted by molar-refractivity contribution is 0.356. The zero-order chi connectivity index (χ0) is 15.5. The fourth-order valence-electron chi connectivity index (χ4n) is 4.39. The molecule has 0 spiro atoms. The molecule has 1 fully saturated rings. The Balaban J connectivity index is 1.72. The van der Waals surface area contributed by atoms with E-state index < -0.39 is 0 Å². The van der Waals surface area contributed by atoms with Crippen molar-refractivity contribution in [2.45, 2.75) is 37.8 Å². The molecule has 4 unspecified atom stereocenters. The van der Waals surface area contributed by atoms with Gasteiger partial charge in [0.2, 0.25) is 0 Å². The van der Waals surface area contributed by atoms with Gasteiger partial charge in [-0.25, -0.2) is 0 Å². The number of rotatable bonds is 2. The number of fused-ring (bicyclic) bond motifs is 1. The summed E-state index contributed by atoms with van der Waals surface area (Å²) >= 11 is 0. The van der Waals surface area contributed by atoms with E-state index in [-0.39, 0.29) is 0 Å². The molecule has 1 nitrogen and oxygen atoms in total. The average molecular weight is 303 g/mol. The van der Waals surface area contributed by atoms with Crippen molar-refractivity contribution in [2.75, 3.05) is 0 Å². The van der Waals surface area contributed by atoms with Crippen molar-refractivity contribution in [2.24, 2.45) is 11.8 Å². The third kappa shape index (κ3) is 2.98. The van der Waals surface area contributed by atoms with Gasteiger partial charge in [-0.2, -0.15) is 0 Å². The van der Waals surface area contributed by atoms with Crippen molar-refractivity contribution in [1.29, 1.82) is 0 Å². The molecule has 0 saturated carbocycles. The smallest absolute Gasteiger partial charge is 0.0392 e. The van der Waals surface area contributed by atoms with E-state index >= 15 is 0 Å². The number of allylic oxidation sites excluding steroid dienone is 1. The lowest BCUT2D eigenvalue weighted by Gasteiger charge is -2.25. The SMILES string of the molecule is C1=C\C2C(c3ccccc3)NC(c3ccccc3)C2CCCC/1. The zero-order valence-corrected chi connectivity index (χ0v) is 13.6. The minimum absolute atomic E-state index is 0.431. The fraction of sp³-hybridized carbons (Fsp3) is 0.364. The Labute approximate surface area is 139 Å². The van der Waals surface area contributed by atoms with Gasteiger partial charge in [-0.05, 0) is 36.3 Å². The Kier molecular flexibility index (Phi) is 4.30. The molecule has 0 aromatic heterocycles. The van der Waals surface area contributed by atoms with Gasteiger partial charge >= 0.3 is 0 Å². The van der Waals surface area contributed by atoms with Gasteiger partial charge in [0.1, 0.15) is 0 Å². The van der Waals surface area contributed by atoms with Crippen LogP contribution in [0, 0.1) is 11.8 Å². The van der Waals surface area contributed by atoms with E-state index in [1.165, 1.54) is 36.8 Å². The Morgan fingerprint density at radius 2 is 1.39 bits per heavy atom. The average Bonchev–Trinajstić information content (AvgIpc) is 2.94. The Bertz CT molecular complexity index is 646. The summed E-state index contributed by atoms with van der Waals surface area (Å²) in [5.74, 6) is 1.29. The molecule has 1 saturated heterocycles. The van der Waals surface area contributed by atoms with Crippen molar-refractivity contribution in [3.8, 4) is 0 Å². The van der Waals surface area contributed by atoms with E-state index in [2.05, 4.69) is 78.1 Å². The molecular weight excluding hydrogens is 278 g/mol. The molecule has 1 aliphatic heterocycles. The van der Waals surface area contributed by atoms with Crippen LogP contribution in [0.5, 0.6) is 0 Å². The molecule has 2 aromatic carbocycles. The van der Waals surface area contributed by atoms with Gasteiger partial charge in [0.15, 0.2) is 0 Å². The Morgan fingerprint density at radius 1 is 0.739 bits per heavy atom. The summed E-state index contributed by atoms with van der Waals surface area (Å²) in [5.41, 5.74) is 2.86. The maximum Gasteiger partial charge on any atom is 0.0392 e. The topological polar surface area (TPSA) is 12.0 Å². The second kappa shape index (κ2) is 6.72. The second-order valence-electron chi connectivity index (χ2n) is 6.90. The van der Waals surface area contributed by atoms with Gasteiger partial charge in [-0.15, -0.1) is 0 Å². The zero-order valence-electron chi connectivity index (χ0n) is 13.6. The maximum atomic E-state index is 3.97. The first-order valence-corrected chi connectivity index (χ1v) is 8.96. The second-order valence-corrected chi connectivity index (χ2v) is 6.90. The molecule has 0 amide bonds. The third-order valence-corrected chi connectivity index (χ3v) is 5.50. The summed E-state index contributed by atoms with van der Waals surface area (Å²) in [6, 6.07) is 22.9. The summed E-state index contributed by atoms with van der Waals surface area (Å²) in [4.78, 5) is 0. The highest BCUT2D eigenvalue weighted by molar-refractivity contribution is 5.29. The molecule has 0 radical (unpaired) electrons. The van der Waals surface area contributed by atoms with E-state index in [1.54, 1.807) is 0 Å². The largest absolute Gasteiger partial charge is 0.302 e. The highest BCUT2D eigenvalue weighted by Gasteiger charge is 2.42. The van der Waals surface area contributed by atoms with Crippen LogP contribution in [0.4, 0.5) is 0 Å². The van der Waals surface area contributed by atoms with Crippen LogP contribution in [-0.4, -0.2) is 0 Å². The van der Waals surface area contributed by atoms with Crippen LogP contribution in [-0.2, 0) is 0 Å². The van der Waals surface area contributed by atoms with Gasteiger partial charge in [-0.3, -0.25) is 0 Å². The molecule has 1 aliphatic carbocycles. The molecule has 4 rings (SSSR count). The van der Waals surface area contributed by atoms with Gasteiger partial charge in [-0.1, -0.05) is 79.2 Å². The van der Waals surface area contributed by atoms with Gasteiger partial charge in [0.05, 0.1) is 0 Å². The van der Waals surface area contributed by atoms with Crippen LogP contribution in [0.25, 0.3) is 0 Å². The van der Waals surface area contributed by atoms with Crippen LogP contribution in [0.3, 0.4) is 0 Å². The van der Waals surface area contributed by atoms with Crippen LogP contribution in [0.2, 0.25) is 0 Å².